The first-order chi connectivity index (χ1) is 12.2. The maximum Gasteiger partial charge on any atom is 0.0759 e. The van der Waals surface area contributed by atoms with E-state index in [0.717, 1.165) is 39.4 Å². The number of para-hydroxylation sites is 1. The summed E-state index contributed by atoms with van der Waals surface area (Å²) in [7, 11) is 0. The molecule has 0 aliphatic heterocycles. The summed E-state index contributed by atoms with van der Waals surface area (Å²) in [4.78, 5) is 4.95. The highest BCUT2D eigenvalue weighted by atomic mass is 14.8. The molecule has 0 radical (unpaired) electrons. The standard InChI is InChI=1S/C23H22N2/c1-17-11-9-10-16-21(17)25-23(20-14-7-4-8-15-20)18(2)22(24)19-12-5-3-6-13-19/h3-16H,24H2,1-2H3/b22-18-,25-23?. The molecule has 0 aliphatic carbocycles. The third-order valence-electron chi connectivity index (χ3n) is 4.24. The molecule has 2 N–H and O–H groups in total. The van der Waals surface area contributed by atoms with Crippen LogP contribution in [0.1, 0.15) is 23.6 Å². The molecule has 25 heavy (non-hydrogen) atoms. The van der Waals surface area contributed by atoms with Crippen molar-refractivity contribution in [2.45, 2.75) is 13.8 Å². The van der Waals surface area contributed by atoms with E-state index in [9.17, 15) is 0 Å². The number of benzene rings is 3. The Balaban J connectivity index is 2.17. The topological polar surface area (TPSA) is 38.4 Å². The molecular weight excluding hydrogens is 304 g/mol. The van der Waals surface area contributed by atoms with Crippen LogP contribution in [0.25, 0.3) is 5.70 Å². The summed E-state index contributed by atoms with van der Waals surface area (Å²) in [6, 6.07) is 28.4. The summed E-state index contributed by atoms with van der Waals surface area (Å²) in [5, 5.41) is 0. The van der Waals surface area contributed by atoms with E-state index in [0.29, 0.717) is 0 Å². The van der Waals surface area contributed by atoms with Crippen LogP contribution in [-0.2, 0) is 0 Å². The lowest BCUT2D eigenvalue weighted by Gasteiger charge is -2.13. The van der Waals surface area contributed by atoms with Gasteiger partial charge < -0.3 is 5.73 Å². The molecule has 0 spiro atoms. The molecule has 0 heterocycles. The van der Waals surface area contributed by atoms with Crippen LogP contribution >= 0.6 is 0 Å². The molecule has 2 nitrogen and oxygen atoms in total. The first kappa shape index (κ1) is 16.7. The molecule has 0 amide bonds. The average Bonchev–Trinajstić information content (AvgIpc) is 2.67. The number of hydrogen-bond donors (Lipinski definition) is 1. The highest BCUT2D eigenvalue weighted by molar-refractivity contribution is 6.16. The molecule has 2 heteroatoms. The van der Waals surface area contributed by atoms with Gasteiger partial charge in [-0.25, -0.2) is 4.99 Å². The highest BCUT2D eigenvalue weighted by Crippen LogP contribution is 2.24. The van der Waals surface area contributed by atoms with Crippen LogP contribution in [-0.4, -0.2) is 5.71 Å². The zero-order valence-corrected chi connectivity index (χ0v) is 14.6. The van der Waals surface area contributed by atoms with Gasteiger partial charge in [-0.1, -0.05) is 78.9 Å². The quantitative estimate of drug-likeness (QED) is 0.631. The number of rotatable bonds is 4. The van der Waals surface area contributed by atoms with Crippen molar-refractivity contribution in [2.24, 2.45) is 10.7 Å². The van der Waals surface area contributed by atoms with E-state index < -0.39 is 0 Å². The van der Waals surface area contributed by atoms with Gasteiger partial charge in [0, 0.05) is 11.3 Å². The minimum Gasteiger partial charge on any atom is -0.398 e. The Labute approximate surface area is 149 Å². The van der Waals surface area contributed by atoms with Crippen molar-refractivity contribution in [1.82, 2.24) is 0 Å². The lowest BCUT2D eigenvalue weighted by atomic mass is 9.98. The maximum absolute atomic E-state index is 6.47. The van der Waals surface area contributed by atoms with Gasteiger partial charge in [0.2, 0.25) is 0 Å². The average molecular weight is 326 g/mol. The van der Waals surface area contributed by atoms with Crippen molar-refractivity contribution in [3.05, 3.63) is 107 Å². The van der Waals surface area contributed by atoms with E-state index in [1.807, 2.05) is 73.7 Å². The molecular formula is C23H22N2. The normalized spacial score (nSPS) is 12.6. The molecule has 124 valence electrons. The second kappa shape index (κ2) is 7.63. The summed E-state index contributed by atoms with van der Waals surface area (Å²) in [6.07, 6.45) is 0. The molecule has 0 aromatic heterocycles. The van der Waals surface area contributed by atoms with Crippen LogP contribution in [0.15, 0.2) is 95.5 Å². The van der Waals surface area contributed by atoms with E-state index in [2.05, 4.69) is 25.1 Å². The second-order valence-electron chi connectivity index (χ2n) is 6.02. The lowest BCUT2D eigenvalue weighted by molar-refractivity contribution is 1.37. The van der Waals surface area contributed by atoms with E-state index >= 15 is 0 Å². The molecule has 0 bridgehead atoms. The van der Waals surface area contributed by atoms with Crippen molar-refractivity contribution >= 4 is 17.1 Å². The van der Waals surface area contributed by atoms with Gasteiger partial charge in [-0.05, 0) is 36.6 Å². The van der Waals surface area contributed by atoms with Gasteiger partial charge in [0.1, 0.15) is 0 Å². The Morgan fingerprint density at radius 3 is 1.84 bits per heavy atom. The lowest BCUT2D eigenvalue weighted by Crippen LogP contribution is -2.10. The molecule has 3 aromatic carbocycles. The fourth-order valence-electron chi connectivity index (χ4n) is 2.73. The summed E-state index contributed by atoms with van der Waals surface area (Å²) < 4.78 is 0. The van der Waals surface area contributed by atoms with Crippen LogP contribution in [0.4, 0.5) is 5.69 Å². The van der Waals surface area contributed by atoms with Crippen LogP contribution in [0.2, 0.25) is 0 Å². The third kappa shape index (κ3) is 3.86. The first-order valence-electron chi connectivity index (χ1n) is 8.38. The van der Waals surface area contributed by atoms with Crippen molar-refractivity contribution in [3.63, 3.8) is 0 Å². The maximum atomic E-state index is 6.47. The van der Waals surface area contributed by atoms with Gasteiger partial charge in [-0.2, -0.15) is 0 Å². The molecule has 3 aromatic rings. The number of aliphatic imine (C=N–C) groups is 1. The summed E-state index contributed by atoms with van der Waals surface area (Å²) in [5.41, 5.74) is 13.3. The monoisotopic (exact) mass is 326 g/mol. The van der Waals surface area contributed by atoms with Crippen molar-refractivity contribution in [3.8, 4) is 0 Å². The fourth-order valence-corrected chi connectivity index (χ4v) is 2.73. The Morgan fingerprint density at radius 2 is 1.24 bits per heavy atom. The van der Waals surface area contributed by atoms with Gasteiger partial charge in [-0.3, -0.25) is 0 Å². The molecule has 0 aliphatic rings. The SMILES string of the molecule is C/C(C(=Nc1ccccc1C)c1ccccc1)=C(/N)c1ccccc1. The number of aryl methyl sites for hydroxylation is 1. The molecule has 0 saturated carbocycles. The van der Waals surface area contributed by atoms with Crippen molar-refractivity contribution < 1.29 is 0 Å². The Kier molecular flexibility index (Phi) is 5.10. The minimum atomic E-state index is 0.747. The van der Waals surface area contributed by atoms with E-state index in [-0.39, 0.29) is 0 Å². The van der Waals surface area contributed by atoms with Crippen LogP contribution in [0.5, 0.6) is 0 Å². The summed E-state index contributed by atoms with van der Waals surface area (Å²) in [5.74, 6) is 0. The summed E-state index contributed by atoms with van der Waals surface area (Å²) in [6.45, 7) is 4.10. The summed E-state index contributed by atoms with van der Waals surface area (Å²) >= 11 is 0. The number of nitrogens with zero attached hydrogens (tertiary/aromatic N) is 1. The zero-order valence-electron chi connectivity index (χ0n) is 14.6. The van der Waals surface area contributed by atoms with Crippen LogP contribution < -0.4 is 5.73 Å². The van der Waals surface area contributed by atoms with E-state index in [4.69, 9.17) is 10.7 Å². The molecule has 0 saturated heterocycles. The zero-order chi connectivity index (χ0) is 17.6. The molecule has 0 fully saturated rings. The number of nitrogens with two attached hydrogens (primary N) is 1. The predicted molar refractivity (Wildman–Crippen MR) is 107 cm³/mol. The molecule has 0 atom stereocenters. The predicted octanol–water partition coefficient (Wildman–Crippen LogP) is 5.51. The van der Waals surface area contributed by atoms with Gasteiger partial charge in [0.05, 0.1) is 11.4 Å². The van der Waals surface area contributed by atoms with Crippen LogP contribution in [0, 0.1) is 6.92 Å². The Morgan fingerprint density at radius 1 is 0.720 bits per heavy atom. The second-order valence-corrected chi connectivity index (χ2v) is 6.02. The third-order valence-corrected chi connectivity index (χ3v) is 4.24. The van der Waals surface area contributed by atoms with Crippen molar-refractivity contribution in [1.29, 1.82) is 0 Å². The van der Waals surface area contributed by atoms with E-state index in [1.54, 1.807) is 0 Å². The van der Waals surface area contributed by atoms with Crippen LogP contribution in [0.3, 0.4) is 0 Å². The van der Waals surface area contributed by atoms with E-state index in [1.165, 1.54) is 0 Å². The fraction of sp³-hybridized carbons (Fsp3) is 0.0870. The van der Waals surface area contributed by atoms with Gasteiger partial charge in [0.15, 0.2) is 0 Å². The molecule has 0 unspecified atom stereocenters. The van der Waals surface area contributed by atoms with Gasteiger partial charge in [-0.15, -0.1) is 0 Å². The minimum absolute atomic E-state index is 0.747. The number of hydrogen-bond acceptors (Lipinski definition) is 2. The largest absolute Gasteiger partial charge is 0.398 e. The van der Waals surface area contributed by atoms with Crippen molar-refractivity contribution in [2.75, 3.05) is 0 Å². The molecule has 3 rings (SSSR count). The highest BCUT2D eigenvalue weighted by Gasteiger charge is 2.11. The number of allylic oxidation sites excluding steroid dienone is 1. The first-order valence-corrected chi connectivity index (χ1v) is 8.38. The smallest absolute Gasteiger partial charge is 0.0759 e. The van der Waals surface area contributed by atoms with Gasteiger partial charge >= 0.3 is 0 Å². The Bertz CT molecular complexity index is 907. The Hall–Kier alpha value is -3.13. The van der Waals surface area contributed by atoms with Gasteiger partial charge in [0.25, 0.3) is 0 Å².